The average Bonchev–Trinajstić information content (AvgIpc) is 2.46. The minimum atomic E-state index is -0.454. The van der Waals surface area contributed by atoms with Crippen LogP contribution in [-0.4, -0.2) is 20.2 Å². The zero-order valence-corrected chi connectivity index (χ0v) is 11.7. The second-order valence-corrected chi connectivity index (χ2v) is 4.58. The molecule has 0 heterocycles. The van der Waals surface area contributed by atoms with Crippen molar-refractivity contribution in [3.05, 3.63) is 60.2 Å². The summed E-state index contributed by atoms with van der Waals surface area (Å²) in [6, 6.07) is 16.9. The molecular formula is C16H18N2O2. The van der Waals surface area contributed by atoms with E-state index >= 15 is 0 Å². The highest BCUT2D eigenvalue weighted by Gasteiger charge is 2.07. The summed E-state index contributed by atoms with van der Waals surface area (Å²) < 4.78 is 5.17. The smallest absolute Gasteiger partial charge is 0.410 e. The van der Waals surface area contributed by atoms with Crippen molar-refractivity contribution >= 4 is 11.8 Å². The molecule has 4 nitrogen and oxygen atoms in total. The van der Waals surface area contributed by atoms with E-state index in [0.29, 0.717) is 12.3 Å². The lowest BCUT2D eigenvalue weighted by Crippen LogP contribution is -2.27. The second-order valence-electron chi connectivity index (χ2n) is 4.58. The fourth-order valence-corrected chi connectivity index (χ4v) is 1.90. The van der Waals surface area contributed by atoms with Crippen molar-refractivity contribution in [2.45, 2.75) is 6.54 Å². The maximum atomic E-state index is 11.7. The second kappa shape index (κ2) is 6.61. The molecule has 0 unspecified atom stereocenters. The van der Waals surface area contributed by atoms with E-state index < -0.39 is 6.09 Å². The molecule has 0 fully saturated rings. The minimum Gasteiger partial charge on any atom is -0.410 e. The number of ether oxygens (including phenoxy) is 1. The van der Waals surface area contributed by atoms with Crippen LogP contribution in [0.1, 0.15) is 5.56 Å². The largest absolute Gasteiger partial charge is 0.412 e. The Hall–Kier alpha value is -2.49. The zero-order valence-electron chi connectivity index (χ0n) is 11.7. The normalized spacial score (nSPS) is 9.90. The molecule has 0 radical (unpaired) electrons. The van der Waals surface area contributed by atoms with Crippen LogP contribution in [0.5, 0.6) is 5.75 Å². The van der Waals surface area contributed by atoms with Crippen molar-refractivity contribution in [1.82, 2.24) is 5.32 Å². The first kappa shape index (κ1) is 13.9. The number of hydrogen-bond donors (Lipinski definition) is 1. The number of amides is 1. The molecule has 2 aromatic rings. The lowest BCUT2D eigenvalue weighted by molar-refractivity contribution is 0.200. The van der Waals surface area contributed by atoms with Crippen LogP contribution < -0.4 is 15.0 Å². The predicted molar refractivity (Wildman–Crippen MR) is 80.1 cm³/mol. The van der Waals surface area contributed by atoms with Gasteiger partial charge in [0.25, 0.3) is 0 Å². The molecule has 0 spiro atoms. The van der Waals surface area contributed by atoms with Crippen LogP contribution in [0.3, 0.4) is 0 Å². The summed E-state index contributed by atoms with van der Waals surface area (Å²) in [6.45, 7) is 0.431. The highest BCUT2D eigenvalue weighted by Crippen LogP contribution is 2.17. The maximum absolute atomic E-state index is 11.7. The Morgan fingerprint density at radius 1 is 1.05 bits per heavy atom. The molecule has 0 saturated carbocycles. The van der Waals surface area contributed by atoms with Gasteiger partial charge in [-0.25, -0.2) is 4.79 Å². The van der Waals surface area contributed by atoms with Crippen LogP contribution in [-0.2, 0) is 6.54 Å². The maximum Gasteiger partial charge on any atom is 0.412 e. The molecule has 2 aromatic carbocycles. The van der Waals surface area contributed by atoms with Gasteiger partial charge in [-0.15, -0.1) is 0 Å². The quantitative estimate of drug-likeness (QED) is 0.928. The summed E-state index contributed by atoms with van der Waals surface area (Å²) in [5.74, 6) is 0.533. The van der Waals surface area contributed by atoms with Crippen molar-refractivity contribution in [2.24, 2.45) is 0 Å². The van der Waals surface area contributed by atoms with Gasteiger partial charge in [0, 0.05) is 26.3 Å². The number of para-hydroxylation sites is 2. The number of hydrogen-bond acceptors (Lipinski definition) is 3. The van der Waals surface area contributed by atoms with Gasteiger partial charge in [-0.3, -0.25) is 0 Å². The molecule has 0 aromatic heterocycles. The van der Waals surface area contributed by atoms with Crippen LogP contribution in [0.15, 0.2) is 54.6 Å². The van der Waals surface area contributed by atoms with Crippen LogP contribution >= 0.6 is 0 Å². The molecule has 0 saturated heterocycles. The number of nitrogens with zero attached hydrogens (tertiary/aromatic N) is 1. The molecule has 0 atom stereocenters. The lowest BCUT2D eigenvalue weighted by atomic mass is 10.1. The SMILES string of the molecule is CN(C)c1ccccc1CNC(=O)Oc1ccccc1. The van der Waals surface area contributed by atoms with Gasteiger partial charge in [0.2, 0.25) is 0 Å². The van der Waals surface area contributed by atoms with Crippen molar-refractivity contribution in [2.75, 3.05) is 19.0 Å². The Labute approximate surface area is 119 Å². The number of carbonyl (C=O) groups excluding carboxylic acids is 1. The summed E-state index contributed by atoms with van der Waals surface area (Å²) in [5, 5.41) is 2.75. The first-order valence-electron chi connectivity index (χ1n) is 6.43. The topological polar surface area (TPSA) is 41.6 Å². The molecule has 104 valence electrons. The molecule has 0 aliphatic rings. The van der Waals surface area contributed by atoms with E-state index in [-0.39, 0.29) is 0 Å². The predicted octanol–water partition coefficient (Wildman–Crippen LogP) is 3.04. The Balaban J connectivity index is 1.94. The summed E-state index contributed by atoms with van der Waals surface area (Å²) in [7, 11) is 3.95. The van der Waals surface area contributed by atoms with Gasteiger partial charge in [-0.1, -0.05) is 36.4 Å². The Bertz CT molecular complexity index is 568. The van der Waals surface area contributed by atoms with Gasteiger partial charge in [-0.05, 0) is 23.8 Å². The molecule has 2 rings (SSSR count). The van der Waals surface area contributed by atoms with Gasteiger partial charge in [0.1, 0.15) is 5.75 Å². The fraction of sp³-hybridized carbons (Fsp3) is 0.188. The Kier molecular flexibility index (Phi) is 4.60. The van der Waals surface area contributed by atoms with E-state index in [0.717, 1.165) is 11.3 Å². The summed E-state index contributed by atoms with van der Waals surface area (Å²) in [5.41, 5.74) is 2.12. The van der Waals surface area contributed by atoms with Gasteiger partial charge in [0.15, 0.2) is 0 Å². The highest BCUT2D eigenvalue weighted by molar-refractivity contribution is 5.70. The van der Waals surface area contributed by atoms with Gasteiger partial charge >= 0.3 is 6.09 Å². The van der Waals surface area contributed by atoms with Crippen LogP contribution in [0.25, 0.3) is 0 Å². The van der Waals surface area contributed by atoms with E-state index in [1.807, 2.05) is 61.5 Å². The lowest BCUT2D eigenvalue weighted by Gasteiger charge is -2.17. The Morgan fingerprint density at radius 3 is 2.40 bits per heavy atom. The molecule has 4 heteroatoms. The van der Waals surface area contributed by atoms with Gasteiger partial charge < -0.3 is 15.0 Å². The van der Waals surface area contributed by atoms with E-state index in [9.17, 15) is 4.79 Å². The third kappa shape index (κ3) is 3.75. The molecule has 20 heavy (non-hydrogen) atoms. The molecule has 0 aliphatic carbocycles. The third-order valence-corrected chi connectivity index (χ3v) is 2.85. The van der Waals surface area contributed by atoms with Crippen LogP contribution in [0, 0.1) is 0 Å². The number of rotatable bonds is 4. The summed E-state index contributed by atoms with van der Waals surface area (Å²) >= 11 is 0. The van der Waals surface area contributed by atoms with Crippen molar-refractivity contribution < 1.29 is 9.53 Å². The number of benzene rings is 2. The minimum absolute atomic E-state index is 0.431. The van der Waals surface area contributed by atoms with Crippen molar-refractivity contribution in [3.8, 4) is 5.75 Å². The highest BCUT2D eigenvalue weighted by atomic mass is 16.5. The first-order chi connectivity index (χ1) is 9.66. The molecule has 0 aliphatic heterocycles. The number of anilines is 1. The number of carbonyl (C=O) groups is 1. The van der Waals surface area contributed by atoms with E-state index in [1.165, 1.54) is 0 Å². The molecule has 1 amide bonds. The van der Waals surface area contributed by atoms with Crippen molar-refractivity contribution in [1.29, 1.82) is 0 Å². The van der Waals surface area contributed by atoms with E-state index in [4.69, 9.17) is 4.74 Å². The number of nitrogens with one attached hydrogen (secondary N) is 1. The van der Waals surface area contributed by atoms with Crippen molar-refractivity contribution in [3.63, 3.8) is 0 Å². The van der Waals surface area contributed by atoms with Gasteiger partial charge in [0.05, 0.1) is 0 Å². The Morgan fingerprint density at radius 2 is 1.70 bits per heavy atom. The standard InChI is InChI=1S/C16H18N2O2/c1-18(2)15-11-7-6-8-13(15)12-17-16(19)20-14-9-4-3-5-10-14/h3-11H,12H2,1-2H3,(H,17,19). The molecular weight excluding hydrogens is 252 g/mol. The fourth-order valence-electron chi connectivity index (χ4n) is 1.90. The molecule has 0 bridgehead atoms. The van der Waals surface area contributed by atoms with E-state index in [2.05, 4.69) is 5.32 Å². The first-order valence-corrected chi connectivity index (χ1v) is 6.43. The summed E-state index contributed by atoms with van der Waals surface area (Å²) in [6.07, 6.45) is -0.454. The van der Waals surface area contributed by atoms with Gasteiger partial charge in [-0.2, -0.15) is 0 Å². The van der Waals surface area contributed by atoms with Crippen LogP contribution in [0.4, 0.5) is 10.5 Å². The molecule has 1 N–H and O–H groups in total. The monoisotopic (exact) mass is 270 g/mol. The van der Waals surface area contributed by atoms with E-state index in [1.54, 1.807) is 12.1 Å². The summed E-state index contributed by atoms with van der Waals surface area (Å²) in [4.78, 5) is 13.7. The third-order valence-electron chi connectivity index (χ3n) is 2.85. The van der Waals surface area contributed by atoms with Crippen LogP contribution in [0.2, 0.25) is 0 Å². The zero-order chi connectivity index (χ0) is 14.4. The average molecular weight is 270 g/mol.